The van der Waals surface area contributed by atoms with E-state index in [0.717, 1.165) is 55.1 Å². The van der Waals surface area contributed by atoms with Gasteiger partial charge in [-0.1, -0.05) is 0 Å². The molecule has 1 amide bonds. The van der Waals surface area contributed by atoms with E-state index in [0.29, 0.717) is 17.9 Å². The molecule has 3 N–H and O–H groups in total. The lowest BCUT2D eigenvalue weighted by Gasteiger charge is -2.26. The van der Waals surface area contributed by atoms with Gasteiger partial charge in [-0.3, -0.25) is 14.7 Å². The molecular formula is C26H26F3N7O4. The summed E-state index contributed by atoms with van der Waals surface area (Å²) >= 11 is 0. The van der Waals surface area contributed by atoms with Gasteiger partial charge in [-0.15, -0.1) is 0 Å². The zero-order valence-electron chi connectivity index (χ0n) is 21.1. The van der Waals surface area contributed by atoms with Crippen LogP contribution in [0.5, 0.6) is 0 Å². The first-order valence-corrected chi connectivity index (χ1v) is 12.2. The summed E-state index contributed by atoms with van der Waals surface area (Å²) in [5, 5.41) is 18.9. The number of benzene rings is 1. The quantitative estimate of drug-likeness (QED) is 0.313. The van der Waals surface area contributed by atoms with Crippen LogP contribution in [0.15, 0.2) is 67.3 Å². The zero-order chi connectivity index (χ0) is 28.5. The van der Waals surface area contributed by atoms with E-state index in [4.69, 9.17) is 14.6 Å². The van der Waals surface area contributed by atoms with Gasteiger partial charge in [-0.2, -0.15) is 18.3 Å². The maximum atomic E-state index is 12.7. The normalized spacial score (nSPS) is 13.8. The van der Waals surface area contributed by atoms with Crippen LogP contribution in [0.2, 0.25) is 0 Å². The third kappa shape index (κ3) is 7.74. The lowest BCUT2D eigenvalue weighted by molar-refractivity contribution is -0.192. The number of carbonyl (C=O) groups is 2. The van der Waals surface area contributed by atoms with E-state index in [9.17, 15) is 18.0 Å². The molecule has 11 nitrogen and oxygen atoms in total. The van der Waals surface area contributed by atoms with Gasteiger partial charge in [0.2, 0.25) is 0 Å². The molecule has 1 fully saturated rings. The molecule has 1 aromatic carbocycles. The van der Waals surface area contributed by atoms with Gasteiger partial charge >= 0.3 is 12.1 Å². The summed E-state index contributed by atoms with van der Waals surface area (Å²) in [4.78, 5) is 32.4. The van der Waals surface area contributed by atoms with Crippen LogP contribution >= 0.6 is 0 Å². The standard InChI is InChI=1S/C24H25N7O2.C2HF3O2/c32-24(27-8-9-30-10-12-33-13-11-30)18-5-7-26-23(15-18)31-22-4-3-20(14-19(22)16-28-31)29-21-2-1-6-25-17-21;3-2(4,5)1(6)7/h1-7,14-17,29H,8-13H2,(H,27,32);(H,6,7). The third-order valence-electron chi connectivity index (χ3n) is 5.80. The third-order valence-corrected chi connectivity index (χ3v) is 5.80. The molecule has 4 heterocycles. The van der Waals surface area contributed by atoms with Crippen molar-refractivity contribution in [1.82, 2.24) is 30.0 Å². The van der Waals surface area contributed by atoms with E-state index in [1.54, 1.807) is 41.6 Å². The molecule has 0 radical (unpaired) electrons. The second kappa shape index (κ2) is 13.0. The Morgan fingerprint density at radius 3 is 2.50 bits per heavy atom. The molecule has 0 atom stereocenters. The lowest BCUT2D eigenvalue weighted by atomic mass is 10.2. The summed E-state index contributed by atoms with van der Waals surface area (Å²) in [5.74, 6) is -2.28. The Labute approximate surface area is 226 Å². The van der Waals surface area contributed by atoms with Crippen molar-refractivity contribution in [3.8, 4) is 5.82 Å². The Hall–Kier alpha value is -4.56. The molecule has 210 valence electrons. The number of morpholine rings is 1. The number of alkyl halides is 3. The number of amides is 1. The van der Waals surface area contributed by atoms with Crippen LogP contribution < -0.4 is 10.6 Å². The lowest BCUT2D eigenvalue weighted by Crippen LogP contribution is -2.41. The second-order valence-electron chi connectivity index (χ2n) is 8.61. The van der Waals surface area contributed by atoms with Gasteiger partial charge in [0.15, 0.2) is 5.82 Å². The second-order valence-corrected chi connectivity index (χ2v) is 8.61. The fourth-order valence-corrected chi connectivity index (χ4v) is 3.83. The van der Waals surface area contributed by atoms with E-state index in [-0.39, 0.29) is 5.91 Å². The smallest absolute Gasteiger partial charge is 0.475 e. The first-order valence-electron chi connectivity index (χ1n) is 12.2. The molecule has 0 saturated carbocycles. The fourth-order valence-electron chi connectivity index (χ4n) is 3.83. The minimum Gasteiger partial charge on any atom is -0.475 e. The van der Waals surface area contributed by atoms with Crippen LogP contribution in [0, 0.1) is 0 Å². The van der Waals surface area contributed by atoms with Crippen molar-refractivity contribution < 1.29 is 32.6 Å². The Morgan fingerprint density at radius 1 is 1.02 bits per heavy atom. The summed E-state index contributed by atoms with van der Waals surface area (Å²) in [6.07, 6.45) is 1.86. The largest absolute Gasteiger partial charge is 0.490 e. The van der Waals surface area contributed by atoms with Crippen LogP contribution in [0.25, 0.3) is 16.7 Å². The van der Waals surface area contributed by atoms with Gasteiger partial charge in [0.25, 0.3) is 5.91 Å². The summed E-state index contributed by atoms with van der Waals surface area (Å²) in [6, 6.07) is 13.3. The molecule has 1 aliphatic rings. The first-order chi connectivity index (χ1) is 19.2. The molecule has 1 saturated heterocycles. The van der Waals surface area contributed by atoms with Crippen LogP contribution in [-0.2, 0) is 9.53 Å². The number of pyridine rings is 2. The number of carboxylic acids is 1. The van der Waals surface area contributed by atoms with Crippen LogP contribution in [0.4, 0.5) is 24.5 Å². The Morgan fingerprint density at radius 2 is 1.80 bits per heavy atom. The highest BCUT2D eigenvalue weighted by Crippen LogP contribution is 2.24. The summed E-state index contributed by atoms with van der Waals surface area (Å²) < 4.78 is 38.8. The number of carboxylic acid groups (broad SMARTS) is 1. The highest BCUT2D eigenvalue weighted by molar-refractivity contribution is 5.94. The van der Waals surface area contributed by atoms with Gasteiger partial charge < -0.3 is 20.5 Å². The predicted octanol–water partition coefficient (Wildman–Crippen LogP) is 3.25. The molecule has 4 aromatic rings. The van der Waals surface area contributed by atoms with E-state index >= 15 is 0 Å². The highest BCUT2D eigenvalue weighted by atomic mass is 19.4. The number of aliphatic carboxylic acids is 1. The SMILES string of the molecule is O=C(NCCN1CCOCC1)c1ccnc(-n2ncc3cc(Nc4cccnc4)ccc32)c1.O=C(O)C(F)(F)F. The average molecular weight is 558 g/mol. The number of nitrogens with zero attached hydrogens (tertiary/aromatic N) is 5. The number of ether oxygens (including phenoxy) is 1. The van der Waals surface area contributed by atoms with Gasteiger partial charge in [0.1, 0.15) is 0 Å². The van der Waals surface area contributed by atoms with Gasteiger partial charge in [0.05, 0.1) is 36.8 Å². The van der Waals surface area contributed by atoms with E-state index in [1.165, 1.54) is 0 Å². The highest BCUT2D eigenvalue weighted by Gasteiger charge is 2.38. The van der Waals surface area contributed by atoms with Gasteiger partial charge in [-0.25, -0.2) is 14.5 Å². The maximum absolute atomic E-state index is 12.7. The topological polar surface area (TPSA) is 134 Å². The van der Waals surface area contributed by atoms with E-state index < -0.39 is 12.1 Å². The number of hydrogen-bond donors (Lipinski definition) is 3. The molecule has 5 rings (SSSR count). The Kier molecular flexibility index (Phi) is 9.24. The van der Waals surface area contributed by atoms with Crippen LogP contribution in [0.1, 0.15) is 10.4 Å². The maximum Gasteiger partial charge on any atom is 0.490 e. The van der Waals surface area contributed by atoms with Gasteiger partial charge in [0, 0.05) is 55.2 Å². The first kappa shape index (κ1) is 28.4. The summed E-state index contributed by atoms with van der Waals surface area (Å²) in [6.45, 7) is 4.71. The molecule has 40 heavy (non-hydrogen) atoms. The van der Waals surface area contributed by atoms with Crippen molar-refractivity contribution in [3.05, 3.63) is 72.8 Å². The number of halogens is 3. The number of nitrogens with one attached hydrogen (secondary N) is 2. The zero-order valence-corrected chi connectivity index (χ0v) is 21.1. The summed E-state index contributed by atoms with van der Waals surface area (Å²) in [5.41, 5.74) is 3.32. The molecule has 3 aromatic heterocycles. The van der Waals surface area contributed by atoms with Gasteiger partial charge in [-0.05, 0) is 42.5 Å². The van der Waals surface area contributed by atoms with Crippen LogP contribution in [0.3, 0.4) is 0 Å². The Bertz CT molecular complexity index is 1440. The molecule has 1 aliphatic heterocycles. The molecule has 14 heteroatoms. The minimum absolute atomic E-state index is 0.119. The minimum atomic E-state index is -5.08. The molecular weight excluding hydrogens is 531 g/mol. The van der Waals surface area contributed by atoms with Crippen molar-refractivity contribution in [1.29, 1.82) is 0 Å². The monoisotopic (exact) mass is 557 g/mol. The molecule has 0 aliphatic carbocycles. The van der Waals surface area contributed by atoms with E-state index in [1.807, 2.05) is 30.3 Å². The average Bonchev–Trinajstić information content (AvgIpc) is 3.37. The molecule has 0 bridgehead atoms. The van der Waals surface area contributed by atoms with Crippen molar-refractivity contribution >= 4 is 34.2 Å². The van der Waals surface area contributed by atoms with Crippen molar-refractivity contribution in [3.63, 3.8) is 0 Å². The number of aromatic nitrogens is 4. The summed E-state index contributed by atoms with van der Waals surface area (Å²) in [7, 11) is 0. The predicted molar refractivity (Wildman–Crippen MR) is 140 cm³/mol. The number of anilines is 2. The number of carbonyl (C=O) groups excluding carboxylic acids is 1. The molecule has 0 unspecified atom stereocenters. The van der Waals surface area contributed by atoms with E-state index in [2.05, 4.69) is 30.6 Å². The number of fused-ring (bicyclic) bond motifs is 1. The number of rotatable bonds is 7. The fraction of sp³-hybridized carbons (Fsp3) is 0.269. The van der Waals surface area contributed by atoms with Crippen molar-refractivity contribution in [2.24, 2.45) is 0 Å². The van der Waals surface area contributed by atoms with Crippen molar-refractivity contribution in [2.45, 2.75) is 6.18 Å². The van der Waals surface area contributed by atoms with Crippen molar-refractivity contribution in [2.75, 3.05) is 44.7 Å². The Balaban J connectivity index is 0.000000470. The molecule has 0 spiro atoms. The number of hydrogen-bond acceptors (Lipinski definition) is 8. The van der Waals surface area contributed by atoms with Crippen LogP contribution in [-0.4, -0.2) is 87.2 Å².